The molecule has 9 heteroatoms. The van der Waals surface area contributed by atoms with Crippen molar-refractivity contribution in [2.24, 2.45) is 0 Å². The van der Waals surface area contributed by atoms with Gasteiger partial charge >= 0.3 is 0 Å². The number of ether oxygens (including phenoxy) is 2. The molecule has 1 amide bonds. The quantitative estimate of drug-likeness (QED) is 0.602. The highest BCUT2D eigenvalue weighted by Gasteiger charge is 2.22. The van der Waals surface area contributed by atoms with Crippen molar-refractivity contribution in [1.29, 1.82) is 0 Å². The first kappa shape index (κ1) is 20.7. The fourth-order valence-corrected chi connectivity index (χ4v) is 3.40. The molecule has 0 spiro atoms. The van der Waals surface area contributed by atoms with Gasteiger partial charge in [-0.05, 0) is 38.5 Å². The van der Waals surface area contributed by atoms with Crippen LogP contribution in [0.5, 0.6) is 5.75 Å². The number of carbonyl (C=O) groups excluding carboxylic acids is 1. The molecule has 0 radical (unpaired) electrons. The maximum Gasteiger partial charge on any atom is 0.241 e. The minimum atomic E-state index is -3.87. The molecule has 0 aliphatic carbocycles. The summed E-state index contributed by atoms with van der Waals surface area (Å²) in [4.78, 5) is 11.9. The van der Waals surface area contributed by atoms with E-state index < -0.39 is 22.0 Å². The van der Waals surface area contributed by atoms with Crippen molar-refractivity contribution in [3.05, 3.63) is 23.2 Å². The van der Waals surface area contributed by atoms with Crippen LogP contribution in [0.15, 0.2) is 23.1 Å². The molecule has 24 heavy (non-hydrogen) atoms. The lowest BCUT2D eigenvalue weighted by atomic mass is 10.3. The number of benzene rings is 1. The molecule has 136 valence electrons. The molecule has 0 saturated heterocycles. The van der Waals surface area contributed by atoms with Crippen LogP contribution in [0.2, 0.25) is 5.02 Å². The highest BCUT2D eigenvalue weighted by molar-refractivity contribution is 7.89. The Morgan fingerprint density at radius 1 is 1.38 bits per heavy atom. The third-order valence-electron chi connectivity index (χ3n) is 3.13. The zero-order valence-corrected chi connectivity index (χ0v) is 15.5. The number of hydrogen-bond acceptors (Lipinski definition) is 5. The summed E-state index contributed by atoms with van der Waals surface area (Å²) >= 11 is 5.94. The van der Waals surface area contributed by atoms with Gasteiger partial charge in [0.2, 0.25) is 15.9 Å². The Morgan fingerprint density at radius 3 is 2.67 bits per heavy atom. The predicted octanol–water partition coefficient (Wildman–Crippen LogP) is 1.56. The van der Waals surface area contributed by atoms with Crippen molar-refractivity contribution < 1.29 is 22.7 Å². The summed E-state index contributed by atoms with van der Waals surface area (Å²) < 4.78 is 37.1. The molecule has 0 bridgehead atoms. The molecule has 0 fully saturated rings. The van der Waals surface area contributed by atoms with E-state index in [2.05, 4.69) is 10.0 Å². The second-order valence-corrected chi connectivity index (χ2v) is 7.10. The van der Waals surface area contributed by atoms with Gasteiger partial charge < -0.3 is 14.8 Å². The van der Waals surface area contributed by atoms with E-state index in [9.17, 15) is 13.2 Å². The number of halogens is 1. The molecule has 0 aliphatic heterocycles. The Kier molecular flexibility index (Phi) is 8.47. The SMILES string of the molecule is CCOCCCNC(=O)[C@@H](C)NS(=O)(=O)c1ccc(OC)c(Cl)c1. The molecule has 0 aromatic heterocycles. The zero-order valence-electron chi connectivity index (χ0n) is 14.0. The number of amides is 1. The third kappa shape index (κ3) is 6.27. The number of hydrogen-bond donors (Lipinski definition) is 2. The number of nitrogens with one attached hydrogen (secondary N) is 2. The molecule has 1 aromatic rings. The third-order valence-corrected chi connectivity index (χ3v) is 4.96. The Hall–Kier alpha value is -1.35. The first-order valence-corrected chi connectivity index (χ1v) is 9.39. The minimum absolute atomic E-state index is 0.0377. The lowest BCUT2D eigenvalue weighted by Crippen LogP contribution is -2.45. The lowest BCUT2D eigenvalue weighted by molar-refractivity contribution is -0.122. The second kappa shape index (κ2) is 9.83. The van der Waals surface area contributed by atoms with E-state index in [1.807, 2.05) is 6.92 Å². The molecular weight excluding hydrogens is 356 g/mol. The van der Waals surface area contributed by atoms with Crippen LogP contribution in [0.25, 0.3) is 0 Å². The number of carbonyl (C=O) groups is 1. The average Bonchev–Trinajstić information content (AvgIpc) is 2.53. The van der Waals surface area contributed by atoms with E-state index >= 15 is 0 Å². The standard InChI is InChI=1S/C15H23ClN2O5S/c1-4-23-9-5-8-17-15(19)11(2)18-24(20,21)12-6-7-14(22-3)13(16)10-12/h6-7,10-11,18H,4-5,8-9H2,1-3H3,(H,17,19)/t11-/m1/s1. The van der Waals surface area contributed by atoms with E-state index in [1.165, 1.54) is 32.2 Å². The van der Waals surface area contributed by atoms with Gasteiger partial charge in [-0.25, -0.2) is 8.42 Å². The summed E-state index contributed by atoms with van der Waals surface area (Å²) in [5.74, 6) is -0.0367. The van der Waals surface area contributed by atoms with Crippen molar-refractivity contribution in [3.8, 4) is 5.75 Å². The van der Waals surface area contributed by atoms with Gasteiger partial charge in [0, 0.05) is 19.8 Å². The molecule has 1 aromatic carbocycles. The van der Waals surface area contributed by atoms with E-state index in [1.54, 1.807) is 0 Å². The van der Waals surface area contributed by atoms with Crippen molar-refractivity contribution in [3.63, 3.8) is 0 Å². The van der Waals surface area contributed by atoms with Gasteiger partial charge in [-0.2, -0.15) is 4.72 Å². The van der Waals surface area contributed by atoms with Crippen LogP contribution in [0.3, 0.4) is 0 Å². The van der Waals surface area contributed by atoms with Gasteiger partial charge in [-0.1, -0.05) is 11.6 Å². The van der Waals surface area contributed by atoms with Gasteiger partial charge in [0.15, 0.2) is 0 Å². The van der Waals surface area contributed by atoms with Crippen molar-refractivity contribution in [1.82, 2.24) is 10.0 Å². The predicted molar refractivity (Wildman–Crippen MR) is 91.9 cm³/mol. The van der Waals surface area contributed by atoms with E-state index in [4.69, 9.17) is 21.1 Å². The largest absolute Gasteiger partial charge is 0.495 e. The van der Waals surface area contributed by atoms with Crippen molar-refractivity contribution in [2.75, 3.05) is 26.9 Å². The second-order valence-electron chi connectivity index (χ2n) is 4.98. The Labute approximate surface area is 147 Å². The van der Waals surface area contributed by atoms with Gasteiger partial charge in [0.05, 0.1) is 23.1 Å². The summed E-state index contributed by atoms with van der Waals surface area (Å²) in [6, 6.07) is 3.17. The number of rotatable bonds is 10. The molecule has 7 nitrogen and oxygen atoms in total. The average molecular weight is 379 g/mol. The first-order chi connectivity index (χ1) is 11.3. The van der Waals surface area contributed by atoms with Crippen LogP contribution in [0.4, 0.5) is 0 Å². The minimum Gasteiger partial charge on any atom is -0.495 e. The van der Waals surface area contributed by atoms with Crippen LogP contribution >= 0.6 is 11.6 Å². The Balaban J connectivity index is 2.62. The molecule has 2 N–H and O–H groups in total. The summed E-state index contributed by atoms with van der Waals surface area (Å²) in [5, 5.41) is 2.83. The van der Waals surface area contributed by atoms with Crippen LogP contribution in [-0.4, -0.2) is 47.2 Å². The molecule has 0 unspecified atom stereocenters. The van der Waals surface area contributed by atoms with Crippen LogP contribution in [0, 0.1) is 0 Å². The summed E-state index contributed by atoms with van der Waals surface area (Å²) in [6.45, 7) is 4.94. The topological polar surface area (TPSA) is 93.7 Å². The molecular formula is C15H23ClN2O5S. The van der Waals surface area contributed by atoms with Crippen LogP contribution < -0.4 is 14.8 Å². The monoisotopic (exact) mass is 378 g/mol. The van der Waals surface area contributed by atoms with Gasteiger partial charge in [-0.3, -0.25) is 4.79 Å². The maximum atomic E-state index is 12.3. The highest BCUT2D eigenvalue weighted by Crippen LogP contribution is 2.26. The van der Waals surface area contributed by atoms with E-state index in [0.717, 1.165) is 0 Å². The fraction of sp³-hybridized carbons (Fsp3) is 0.533. The van der Waals surface area contributed by atoms with Crippen molar-refractivity contribution >= 4 is 27.5 Å². The number of methoxy groups -OCH3 is 1. The molecule has 0 heterocycles. The van der Waals surface area contributed by atoms with Crippen molar-refractivity contribution in [2.45, 2.75) is 31.2 Å². The number of sulfonamides is 1. The normalized spacial score (nSPS) is 12.7. The fourth-order valence-electron chi connectivity index (χ4n) is 1.85. The van der Waals surface area contributed by atoms with E-state index in [-0.39, 0.29) is 9.92 Å². The Bertz CT molecular complexity index is 651. The first-order valence-electron chi connectivity index (χ1n) is 7.53. The summed E-state index contributed by atoms with van der Waals surface area (Å²) in [7, 11) is -2.43. The van der Waals surface area contributed by atoms with E-state index in [0.29, 0.717) is 31.9 Å². The highest BCUT2D eigenvalue weighted by atomic mass is 35.5. The van der Waals surface area contributed by atoms with Gasteiger partial charge in [0.1, 0.15) is 5.75 Å². The molecule has 0 aliphatic rings. The molecule has 1 rings (SSSR count). The molecule has 0 saturated carbocycles. The Morgan fingerprint density at radius 2 is 2.08 bits per heavy atom. The molecule has 1 atom stereocenters. The maximum absolute atomic E-state index is 12.3. The summed E-state index contributed by atoms with van der Waals surface area (Å²) in [5.41, 5.74) is 0. The lowest BCUT2D eigenvalue weighted by Gasteiger charge is -2.15. The smallest absolute Gasteiger partial charge is 0.241 e. The van der Waals surface area contributed by atoms with Crippen LogP contribution in [0.1, 0.15) is 20.3 Å². The van der Waals surface area contributed by atoms with Crippen LogP contribution in [-0.2, 0) is 19.6 Å². The zero-order chi connectivity index (χ0) is 18.2. The van der Waals surface area contributed by atoms with Gasteiger partial charge in [0.25, 0.3) is 0 Å². The summed E-state index contributed by atoms with van der Waals surface area (Å²) in [6.07, 6.45) is 0.660. The van der Waals surface area contributed by atoms with Gasteiger partial charge in [-0.15, -0.1) is 0 Å².